The molecule has 0 fully saturated rings. The van der Waals surface area contributed by atoms with Crippen molar-refractivity contribution >= 4 is 16.9 Å². The third kappa shape index (κ3) is 3.15. The minimum atomic E-state index is -1.22. The SMILES string of the molecule is Cc1cc(C(C)(O)CNC(=O)c2cnc3c(c2)c(C)nn3C)c(C)o1. The highest BCUT2D eigenvalue weighted by Crippen LogP contribution is 2.26. The number of pyridine rings is 1. The minimum Gasteiger partial charge on any atom is -0.466 e. The third-order valence-electron chi connectivity index (χ3n) is 4.34. The van der Waals surface area contributed by atoms with Gasteiger partial charge in [0.2, 0.25) is 0 Å². The summed E-state index contributed by atoms with van der Waals surface area (Å²) in [5.41, 5.74) is 1.42. The van der Waals surface area contributed by atoms with E-state index in [1.165, 1.54) is 6.20 Å². The maximum absolute atomic E-state index is 12.5. The van der Waals surface area contributed by atoms with Crippen LogP contribution in [0.15, 0.2) is 22.7 Å². The second-order valence-corrected chi connectivity index (χ2v) is 6.59. The van der Waals surface area contributed by atoms with E-state index in [4.69, 9.17) is 4.42 Å². The van der Waals surface area contributed by atoms with Gasteiger partial charge in [0.05, 0.1) is 17.8 Å². The Morgan fingerprint density at radius 1 is 1.36 bits per heavy atom. The number of hydrogen-bond acceptors (Lipinski definition) is 5. The summed E-state index contributed by atoms with van der Waals surface area (Å²) in [7, 11) is 1.81. The molecule has 0 bridgehead atoms. The van der Waals surface area contributed by atoms with Crippen LogP contribution in [0, 0.1) is 20.8 Å². The molecule has 0 aliphatic heterocycles. The van der Waals surface area contributed by atoms with E-state index in [0.29, 0.717) is 16.9 Å². The number of aryl methyl sites for hydroxylation is 4. The summed E-state index contributed by atoms with van der Waals surface area (Å²) >= 11 is 0. The summed E-state index contributed by atoms with van der Waals surface area (Å²) < 4.78 is 7.15. The maximum atomic E-state index is 12.5. The molecule has 7 heteroatoms. The van der Waals surface area contributed by atoms with Gasteiger partial charge in [-0.15, -0.1) is 0 Å². The van der Waals surface area contributed by atoms with Gasteiger partial charge in [0.15, 0.2) is 5.65 Å². The first kappa shape index (κ1) is 17.2. The zero-order valence-electron chi connectivity index (χ0n) is 15.0. The standard InChI is InChI=1S/C18H22N4O3/c1-10-6-15(12(3)25-10)18(4,24)9-20-17(23)13-7-14-11(2)21-22(5)16(14)19-8-13/h6-8,24H,9H2,1-5H3,(H,20,23). The first-order valence-corrected chi connectivity index (χ1v) is 8.06. The molecule has 132 valence electrons. The monoisotopic (exact) mass is 342 g/mol. The average molecular weight is 342 g/mol. The summed E-state index contributed by atoms with van der Waals surface area (Å²) in [4.78, 5) is 16.8. The van der Waals surface area contributed by atoms with Gasteiger partial charge >= 0.3 is 0 Å². The summed E-state index contributed by atoms with van der Waals surface area (Å²) in [6.07, 6.45) is 1.51. The van der Waals surface area contributed by atoms with Crippen molar-refractivity contribution in [2.75, 3.05) is 6.54 Å². The lowest BCUT2D eigenvalue weighted by Crippen LogP contribution is -2.38. The van der Waals surface area contributed by atoms with Gasteiger partial charge in [-0.2, -0.15) is 5.10 Å². The van der Waals surface area contributed by atoms with Gasteiger partial charge in [-0.25, -0.2) is 4.98 Å². The lowest BCUT2D eigenvalue weighted by molar-refractivity contribution is 0.0514. The summed E-state index contributed by atoms with van der Waals surface area (Å²) in [6.45, 7) is 7.21. The van der Waals surface area contributed by atoms with Gasteiger partial charge < -0.3 is 14.8 Å². The molecule has 3 aromatic rings. The van der Waals surface area contributed by atoms with E-state index in [0.717, 1.165) is 22.5 Å². The number of aliphatic hydroxyl groups is 1. The molecule has 0 aliphatic carbocycles. The fourth-order valence-corrected chi connectivity index (χ4v) is 3.05. The number of carbonyl (C=O) groups excluding carboxylic acids is 1. The Morgan fingerprint density at radius 2 is 2.08 bits per heavy atom. The maximum Gasteiger partial charge on any atom is 0.252 e. The molecular weight excluding hydrogens is 320 g/mol. The molecule has 2 N–H and O–H groups in total. The zero-order chi connectivity index (χ0) is 18.4. The summed E-state index contributed by atoms with van der Waals surface area (Å²) in [5, 5.41) is 18.6. The second kappa shape index (κ2) is 6.00. The van der Waals surface area contributed by atoms with E-state index in [9.17, 15) is 9.90 Å². The van der Waals surface area contributed by atoms with Crippen LogP contribution in [0.3, 0.4) is 0 Å². The summed E-state index contributed by atoms with van der Waals surface area (Å²) in [5.74, 6) is 1.07. The predicted octanol–water partition coefficient (Wildman–Crippen LogP) is 2.12. The van der Waals surface area contributed by atoms with E-state index in [-0.39, 0.29) is 12.5 Å². The quantitative estimate of drug-likeness (QED) is 0.757. The molecule has 1 amide bonds. The van der Waals surface area contributed by atoms with Crippen LogP contribution in [0.5, 0.6) is 0 Å². The van der Waals surface area contributed by atoms with Gasteiger partial charge in [-0.05, 0) is 39.8 Å². The van der Waals surface area contributed by atoms with Crippen molar-refractivity contribution < 1.29 is 14.3 Å². The minimum absolute atomic E-state index is 0.0652. The highest BCUT2D eigenvalue weighted by molar-refractivity contribution is 5.97. The first-order valence-electron chi connectivity index (χ1n) is 8.06. The van der Waals surface area contributed by atoms with Crippen molar-refractivity contribution in [1.82, 2.24) is 20.1 Å². The molecule has 25 heavy (non-hydrogen) atoms. The van der Waals surface area contributed by atoms with E-state index >= 15 is 0 Å². The van der Waals surface area contributed by atoms with Crippen molar-refractivity contribution in [2.45, 2.75) is 33.3 Å². The molecule has 3 rings (SSSR count). The number of carbonyl (C=O) groups is 1. The molecule has 3 heterocycles. The first-order chi connectivity index (χ1) is 11.7. The fourth-order valence-electron chi connectivity index (χ4n) is 3.05. The lowest BCUT2D eigenvalue weighted by atomic mass is 9.96. The Hall–Kier alpha value is -2.67. The number of amides is 1. The summed E-state index contributed by atoms with van der Waals surface area (Å²) in [6, 6.07) is 3.55. The number of aromatic nitrogens is 3. The van der Waals surface area contributed by atoms with Gasteiger partial charge in [0.1, 0.15) is 17.1 Å². The van der Waals surface area contributed by atoms with E-state index in [1.807, 2.05) is 20.9 Å². The van der Waals surface area contributed by atoms with Crippen LogP contribution in [0.1, 0.15) is 40.1 Å². The van der Waals surface area contributed by atoms with Crippen molar-refractivity contribution in [3.8, 4) is 0 Å². The molecule has 1 unspecified atom stereocenters. The van der Waals surface area contributed by atoms with Crippen molar-refractivity contribution in [1.29, 1.82) is 0 Å². The smallest absolute Gasteiger partial charge is 0.252 e. The van der Waals surface area contributed by atoms with Crippen molar-refractivity contribution in [3.05, 3.63) is 46.7 Å². The number of nitrogens with one attached hydrogen (secondary N) is 1. The number of nitrogens with zero attached hydrogens (tertiary/aromatic N) is 3. The number of furan rings is 1. The molecular formula is C18H22N4O3. The van der Waals surface area contributed by atoms with E-state index in [1.54, 1.807) is 30.7 Å². The molecule has 0 saturated carbocycles. The van der Waals surface area contributed by atoms with Gasteiger partial charge in [0, 0.05) is 24.2 Å². The van der Waals surface area contributed by atoms with Crippen LogP contribution < -0.4 is 5.32 Å². The highest BCUT2D eigenvalue weighted by Gasteiger charge is 2.28. The molecule has 0 aliphatic rings. The van der Waals surface area contributed by atoms with E-state index in [2.05, 4.69) is 15.4 Å². The largest absolute Gasteiger partial charge is 0.466 e. The van der Waals surface area contributed by atoms with Gasteiger partial charge in [0.25, 0.3) is 5.91 Å². The second-order valence-electron chi connectivity index (χ2n) is 6.59. The van der Waals surface area contributed by atoms with Crippen LogP contribution in [-0.2, 0) is 12.6 Å². The van der Waals surface area contributed by atoms with Crippen LogP contribution in [0.2, 0.25) is 0 Å². The average Bonchev–Trinajstić information content (AvgIpc) is 3.04. The van der Waals surface area contributed by atoms with Crippen molar-refractivity contribution in [2.24, 2.45) is 7.05 Å². The fraction of sp³-hybridized carbons (Fsp3) is 0.389. The topological polar surface area (TPSA) is 93.2 Å². The Kier molecular flexibility index (Phi) is 4.12. The molecule has 0 radical (unpaired) electrons. The zero-order valence-corrected chi connectivity index (χ0v) is 15.0. The van der Waals surface area contributed by atoms with E-state index < -0.39 is 5.60 Å². The van der Waals surface area contributed by atoms with Gasteiger partial charge in [-0.1, -0.05) is 0 Å². The number of hydrogen-bond donors (Lipinski definition) is 2. The van der Waals surface area contributed by atoms with Crippen LogP contribution in [0.25, 0.3) is 11.0 Å². The molecule has 0 saturated heterocycles. The third-order valence-corrected chi connectivity index (χ3v) is 4.34. The van der Waals surface area contributed by atoms with Crippen molar-refractivity contribution in [3.63, 3.8) is 0 Å². The Bertz CT molecular complexity index is 953. The Morgan fingerprint density at radius 3 is 2.72 bits per heavy atom. The van der Waals surface area contributed by atoms with Crippen LogP contribution in [-0.4, -0.2) is 32.3 Å². The number of fused-ring (bicyclic) bond motifs is 1. The Labute approximate surface area is 145 Å². The lowest BCUT2D eigenvalue weighted by Gasteiger charge is -2.23. The van der Waals surface area contributed by atoms with Gasteiger partial charge in [-0.3, -0.25) is 9.48 Å². The van der Waals surface area contributed by atoms with Crippen LogP contribution in [0.4, 0.5) is 0 Å². The Balaban J connectivity index is 1.78. The molecule has 7 nitrogen and oxygen atoms in total. The molecule has 0 spiro atoms. The number of rotatable bonds is 4. The van der Waals surface area contributed by atoms with Crippen LogP contribution >= 0.6 is 0 Å². The normalized spacial score (nSPS) is 13.8. The molecule has 3 aromatic heterocycles. The molecule has 0 aromatic carbocycles. The highest BCUT2D eigenvalue weighted by atomic mass is 16.3. The molecule has 1 atom stereocenters. The predicted molar refractivity (Wildman–Crippen MR) is 93.3 cm³/mol.